The van der Waals surface area contributed by atoms with E-state index in [0.717, 1.165) is 18.2 Å². The molecule has 2 aromatic carbocycles. The van der Waals surface area contributed by atoms with E-state index >= 15 is 0 Å². The standard InChI is InChI=1S/C19H9Cl3F8N2O2/c20-7-2-1-5(3-6(7)16(33)31-4-18(28,29)30)32-17(34)10-9(19(10,21)22)8-11(23)13(25)15(27)14(26)12(8)24/h1-3,9-10H,4H2,(H,31,33)(H,32,34). The average Bonchev–Trinajstić information content (AvgIpc) is 3.31. The Balaban J connectivity index is 1.84. The normalized spacial score (nSPS) is 19.0. The molecule has 2 amide bonds. The van der Waals surface area contributed by atoms with Gasteiger partial charge < -0.3 is 10.6 Å². The molecule has 1 fully saturated rings. The minimum atomic E-state index is -4.71. The number of carbonyl (C=O) groups is 2. The molecule has 3 rings (SSSR count). The van der Waals surface area contributed by atoms with Gasteiger partial charge in [-0.25, -0.2) is 22.0 Å². The van der Waals surface area contributed by atoms with Crippen molar-refractivity contribution >= 4 is 52.3 Å². The van der Waals surface area contributed by atoms with Crippen LogP contribution in [0.5, 0.6) is 0 Å². The zero-order valence-electron chi connectivity index (χ0n) is 16.1. The number of alkyl halides is 5. The summed E-state index contributed by atoms with van der Waals surface area (Å²) in [6.07, 6.45) is -4.71. The molecule has 4 nitrogen and oxygen atoms in total. The molecule has 0 aliphatic heterocycles. The largest absolute Gasteiger partial charge is 0.405 e. The monoisotopic (exact) mass is 554 g/mol. The van der Waals surface area contributed by atoms with Crippen molar-refractivity contribution in [1.82, 2.24) is 5.32 Å². The van der Waals surface area contributed by atoms with Crippen molar-refractivity contribution in [3.05, 3.63) is 63.4 Å². The summed E-state index contributed by atoms with van der Waals surface area (Å²) in [5.41, 5.74) is -2.05. The summed E-state index contributed by atoms with van der Waals surface area (Å²) in [4.78, 5) is 24.6. The number of amides is 2. The van der Waals surface area contributed by atoms with Crippen LogP contribution in [0.25, 0.3) is 0 Å². The van der Waals surface area contributed by atoms with Gasteiger partial charge >= 0.3 is 6.18 Å². The first-order valence-electron chi connectivity index (χ1n) is 8.92. The molecule has 184 valence electrons. The molecule has 2 unspecified atom stereocenters. The van der Waals surface area contributed by atoms with Crippen molar-refractivity contribution in [2.75, 3.05) is 11.9 Å². The second-order valence-electron chi connectivity index (χ2n) is 7.10. The minimum Gasteiger partial charge on any atom is -0.343 e. The number of nitrogens with one attached hydrogen (secondary N) is 2. The molecule has 15 heteroatoms. The van der Waals surface area contributed by atoms with Gasteiger partial charge in [-0.1, -0.05) is 11.6 Å². The van der Waals surface area contributed by atoms with Crippen molar-refractivity contribution in [3.63, 3.8) is 0 Å². The average molecular weight is 556 g/mol. The molecule has 1 aliphatic rings. The van der Waals surface area contributed by atoms with Crippen LogP contribution in [0, 0.1) is 35.0 Å². The zero-order valence-corrected chi connectivity index (χ0v) is 18.3. The predicted octanol–water partition coefficient (Wildman–Crippen LogP) is 5.85. The van der Waals surface area contributed by atoms with Crippen molar-refractivity contribution < 1.29 is 44.7 Å². The molecular weight excluding hydrogens is 547 g/mol. The van der Waals surface area contributed by atoms with Crippen LogP contribution in [0.3, 0.4) is 0 Å². The maximum atomic E-state index is 14.1. The third-order valence-corrected chi connectivity index (χ3v) is 6.09. The van der Waals surface area contributed by atoms with Gasteiger partial charge in [-0.05, 0) is 18.2 Å². The third kappa shape index (κ3) is 4.89. The van der Waals surface area contributed by atoms with Gasteiger partial charge in [0.15, 0.2) is 23.3 Å². The lowest BCUT2D eigenvalue weighted by atomic mass is 10.1. The maximum absolute atomic E-state index is 14.1. The van der Waals surface area contributed by atoms with Crippen LogP contribution in [0.15, 0.2) is 18.2 Å². The number of hydrogen-bond donors (Lipinski definition) is 2. The van der Waals surface area contributed by atoms with Gasteiger partial charge in [0.05, 0.1) is 16.5 Å². The lowest BCUT2D eigenvalue weighted by Crippen LogP contribution is -2.33. The summed E-state index contributed by atoms with van der Waals surface area (Å²) < 4.78 is 103. The smallest absolute Gasteiger partial charge is 0.343 e. The van der Waals surface area contributed by atoms with Crippen molar-refractivity contribution in [2.45, 2.75) is 16.4 Å². The second-order valence-corrected chi connectivity index (χ2v) is 8.95. The molecule has 34 heavy (non-hydrogen) atoms. The molecule has 0 radical (unpaired) electrons. The van der Waals surface area contributed by atoms with Gasteiger partial charge in [0.1, 0.15) is 10.9 Å². The first-order chi connectivity index (χ1) is 15.6. The fraction of sp³-hybridized carbons (Fsp3) is 0.263. The van der Waals surface area contributed by atoms with E-state index in [0.29, 0.717) is 0 Å². The molecule has 1 aliphatic carbocycles. The molecule has 0 bridgehead atoms. The lowest BCUT2D eigenvalue weighted by Gasteiger charge is -2.11. The number of benzene rings is 2. The highest BCUT2D eigenvalue weighted by Crippen LogP contribution is 2.66. The van der Waals surface area contributed by atoms with Crippen LogP contribution in [-0.4, -0.2) is 28.9 Å². The van der Waals surface area contributed by atoms with Gasteiger partial charge in [0.25, 0.3) is 5.91 Å². The summed E-state index contributed by atoms with van der Waals surface area (Å²) in [5.74, 6) is -17.2. The van der Waals surface area contributed by atoms with Crippen molar-refractivity contribution in [2.24, 2.45) is 5.92 Å². The van der Waals surface area contributed by atoms with E-state index in [4.69, 9.17) is 34.8 Å². The number of anilines is 1. The Morgan fingerprint density at radius 1 is 0.941 bits per heavy atom. The van der Waals surface area contributed by atoms with E-state index in [1.165, 1.54) is 0 Å². The first kappa shape index (κ1) is 26.3. The number of halogens is 11. The van der Waals surface area contributed by atoms with Gasteiger partial charge in [-0.15, -0.1) is 23.2 Å². The molecular formula is C19H9Cl3F8N2O2. The van der Waals surface area contributed by atoms with Gasteiger partial charge in [-0.3, -0.25) is 9.59 Å². The molecule has 2 aromatic rings. The number of rotatable bonds is 5. The van der Waals surface area contributed by atoms with Crippen LogP contribution in [-0.2, 0) is 4.79 Å². The Morgan fingerprint density at radius 2 is 1.47 bits per heavy atom. The third-order valence-electron chi connectivity index (χ3n) is 4.82. The van der Waals surface area contributed by atoms with Crippen LogP contribution in [0.2, 0.25) is 5.02 Å². The molecule has 1 saturated carbocycles. The van der Waals surface area contributed by atoms with E-state index in [1.807, 2.05) is 0 Å². The van der Waals surface area contributed by atoms with Gasteiger partial charge in [0.2, 0.25) is 11.7 Å². The predicted molar refractivity (Wildman–Crippen MR) is 105 cm³/mol. The van der Waals surface area contributed by atoms with Gasteiger partial charge in [0, 0.05) is 17.2 Å². The zero-order chi connectivity index (χ0) is 25.7. The van der Waals surface area contributed by atoms with Crippen molar-refractivity contribution in [1.29, 1.82) is 0 Å². The Kier molecular flexibility index (Phi) is 7.00. The highest BCUT2D eigenvalue weighted by atomic mass is 35.5. The van der Waals surface area contributed by atoms with Crippen LogP contribution in [0.4, 0.5) is 40.8 Å². The molecule has 0 saturated heterocycles. The highest BCUT2D eigenvalue weighted by Gasteiger charge is 2.69. The fourth-order valence-electron chi connectivity index (χ4n) is 3.18. The Labute approximate surface area is 200 Å². The van der Waals surface area contributed by atoms with Crippen LogP contribution >= 0.6 is 34.8 Å². The topological polar surface area (TPSA) is 58.2 Å². The summed E-state index contributed by atoms with van der Waals surface area (Å²) in [7, 11) is 0. The Bertz CT molecular complexity index is 1160. The van der Waals surface area contributed by atoms with Crippen LogP contribution in [0.1, 0.15) is 21.8 Å². The summed E-state index contributed by atoms with van der Waals surface area (Å²) in [6, 6.07) is 3.08. The molecule has 2 atom stereocenters. The molecule has 2 N–H and O–H groups in total. The maximum Gasteiger partial charge on any atom is 0.405 e. The lowest BCUT2D eigenvalue weighted by molar-refractivity contribution is -0.123. The minimum absolute atomic E-state index is 0.209. The molecule has 0 heterocycles. The number of carbonyl (C=O) groups excluding carboxylic acids is 2. The van der Waals surface area contributed by atoms with E-state index in [9.17, 15) is 44.7 Å². The van der Waals surface area contributed by atoms with Crippen molar-refractivity contribution in [3.8, 4) is 0 Å². The van der Waals surface area contributed by atoms with E-state index in [1.54, 1.807) is 5.32 Å². The molecule has 0 aromatic heterocycles. The summed E-state index contributed by atoms with van der Waals surface area (Å²) in [6.45, 7) is -1.66. The quantitative estimate of drug-likeness (QED) is 0.210. The summed E-state index contributed by atoms with van der Waals surface area (Å²) in [5, 5.41) is 3.46. The first-order valence-corrected chi connectivity index (χ1v) is 10.1. The SMILES string of the molecule is O=C(NCC(F)(F)F)c1cc(NC(=O)C2C(c3c(F)c(F)c(F)c(F)c3F)C2(Cl)Cl)ccc1Cl. The summed E-state index contributed by atoms with van der Waals surface area (Å²) >= 11 is 17.6. The van der Waals surface area contributed by atoms with E-state index in [2.05, 4.69) is 5.32 Å². The second kappa shape index (κ2) is 9.04. The van der Waals surface area contributed by atoms with E-state index < -0.39 is 80.9 Å². The van der Waals surface area contributed by atoms with E-state index in [-0.39, 0.29) is 10.7 Å². The fourth-order valence-corrected chi connectivity index (χ4v) is 4.18. The Hall–Kier alpha value is -2.31. The molecule has 0 spiro atoms. The van der Waals surface area contributed by atoms with Gasteiger partial charge in [-0.2, -0.15) is 13.2 Å². The van der Waals surface area contributed by atoms with Crippen LogP contribution < -0.4 is 10.6 Å². The Morgan fingerprint density at radius 3 is 2.00 bits per heavy atom. The highest BCUT2D eigenvalue weighted by molar-refractivity contribution is 6.53. The number of hydrogen-bond acceptors (Lipinski definition) is 2.